The first kappa shape index (κ1) is 15.0. The minimum absolute atomic E-state index is 0.00964. The van der Waals surface area contributed by atoms with E-state index in [-0.39, 0.29) is 5.91 Å². The first-order valence-electron chi connectivity index (χ1n) is 7.32. The molecule has 0 aliphatic heterocycles. The normalized spacial score (nSPS) is 17.8. The predicted octanol–water partition coefficient (Wildman–Crippen LogP) is 1.50. The maximum absolute atomic E-state index is 11.7. The molecule has 1 unspecified atom stereocenters. The molecule has 1 saturated carbocycles. The Balaban J connectivity index is 1.68. The van der Waals surface area contributed by atoms with Crippen LogP contribution in [0.5, 0.6) is 0 Å². The summed E-state index contributed by atoms with van der Waals surface area (Å²) < 4.78 is 0. The van der Waals surface area contributed by atoms with E-state index in [4.69, 9.17) is 5.73 Å². The van der Waals surface area contributed by atoms with Gasteiger partial charge in [0.25, 0.3) is 0 Å². The fourth-order valence-corrected chi connectivity index (χ4v) is 2.18. The molecular weight excluding hydrogens is 250 g/mol. The number of carbonyl (C=O) groups excluding carboxylic acids is 1. The Bertz CT molecular complexity index is 442. The second kappa shape index (κ2) is 6.37. The lowest BCUT2D eigenvalue weighted by Crippen LogP contribution is -2.44. The van der Waals surface area contributed by atoms with E-state index in [0.717, 1.165) is 25.8 Å². The average Bonchev–Trinajstić information content (AvgIpc) is 3.19. The molecule has 0 radical (unpaired) electrons. The van der Waals surface area contributed by atoms with Crippen molar-refractivity contribution in [3.63, 3.8) is 0 Å². The Kier molecular flexibility index (Phi) is 4.78. The van der Waals surface area contributed by atoms with Crippen molar-refractivity contribution >= 4 is 5.91 Å². The molecule has 2 rings (SSSR count). The first-order valence-corrected chi connectivity index (χ1v) is 7.32. The molecule has 1 amide bonds. The molecule has 1 aromatic rings. The fraction of sp³-hybridized carbons (Fsp3) is 0.562. The van der Waals surface area contributed by atoms with Crippen molar-refractivity contribution in [2.75, 3.05) is 13.6 Å². The SMILES string of the molecule is CC(CCNC(=O)C1(N)CC1)N(C)Cc1ccccc1. The summed E-state index contributed by atoms with van der Waals surface area (Å²) in [7, 11) is 2.12. The lowest BCUT2D eigenvalue weighted by atomic mass is 10.1. The molecule has 0 aromatic heterocycles. The summed E-state index contributed by atoms with van der Waals surface area (Å²) in [4.78, 5) is 14.0. The highest BCUT2D eigenvalue weighted by Crippen LogP contribution is 2.31. The molecule has 1 fully saturated rings. The van der Waals surface area contributed by atoms with E-state index in [0.29, 0.717) is 12.6 Å². The summed E-state index contributed by atoms with van der Waals surface area (Å²) >= 11 is 0. The van der Waals surface area contributed by atoms with Gasteiger partial charge in [0.2, 0.25) is 5.91 Å². The van der Waals surface area contributed by atoms with Crippen LogP contribution in [0.3, 0.4) is 0 Å². The van der Waals surface area contributed by atoms with E-state index < -0.39 is 5.54 Å². The second-order valence-electron chi connectivity index (χ2n) is 5.95. The van der Waals surface area contributed by atoms with Crippen molar-refractivity contribution in [3.05, 3.63) is 35.9 Å². The van der Waals surface area contributed by atoms with Crippen LogP contribution in [0.25, 0.3) is 0 Å². The Labute approximate surface area is 121 Å². The van der Waals surface area contributed by atoms with Crippen molar-refractivity contribution in [1.29, 1.82) is 0 Å². The standard InChI is InChI=1S/C16H25N3O/c1-13(8-11-18-15(20)16(17)9-10-16)19(2)12-14-6-4-3-5-7-14/h3-7,13H,8-12,17H2,1-2H3,(H,18,20). The summed E-state index contributed by atoms with van der Waals surface area (Å²) in [5, 5.41) is 2.94. The van der Waals surface area contributed by atoms with E-state index in [1.54, 1.807) is 0 Å². The van der Waals surface area contributed by atoms with Crippen LogP contribution in [0.1, 0.15) is 31.7 Å². The van der Waals surface area contributed by atoms with Crippen molar-refractivity contribution in [2.45, 2.75) is 44.3 Å². The lowest BCUT2D eigenvalue weighted by Gasteiger charge is -2.25. The Morgan fingerprint density at radius 3 is 2.65 bits per heavy atom. The van der Waals surface area contributed by atoms with Gasteiger partial charge >= 0.3 is 0 Å². The van der Waals surface area contributed by atoms with Crippen LogP contribution in [0.2, 0.25) is 0 Å². The van der Waals surface area contributed by atoms with Crippen LogP contribution in [-0.4, -0.2) is 36.0 Å². The Morgan fingerprint density at radius 1 is 1.40 bits per heavy atom. The second-order valence-corrected chi connectivity index (χ2v) is 5.95. The van der Waals surface area contributed by atoms with E-state index >= 15 is 0 Å². The van der Waals surface area contributed by atoms with Crippen molar-refractivity contribution < 1.29 is 4.79 Å². The summed E-state index contributed by atoms with van der Waals surface area (Å²) in [5.41, 5.74) is 6.60. The van der Waals surface area contributed by atoms with Gasteiger partial charge in [0.1, 0.15) is 0 Å². The monoisotopic (exact) mass is 275 g/mol. The maximum atomic E-state index is 11.7. The summed E-state index contributed by atoms with van der Waals surface area (Å²) in [6.07, 6.45) is 2.58. The number of amides is 1. The first-order chi connectivity index (χ1) is 9.51. The van der Waals surface area contributed by atoms with Crippen LogP contribution in [0, 0.1) is 0 Å². The highest BCUT2D eigenvalue weighted by molar-refractivity contribution is 5.88. The van der Waals surface area contributed by atoms with Crippen LogP contribution in [0.4, 0.5) is 0 Å². The molecule has 1 aromatic carbocycles. The molecule has 0 heterocycles. The quantitative estimate of drug-likeness (QED) is 0.793. The number of nitrogens with zero attached hydrogens (tertiary/aromatic N) is 1. The summed E-state index contributed by atoms with van der Waals surface area (Å²) in [6, 6.07) is 10.8. The predicted molar refractivity (Wildman–Crippen MR) is 81.2 cm³/mol. The van der Waals surface area contributed by atoms with Gasteiger partial charge in [0.05, 0.1) is 5.54 Å². The number of nitrogens with two attached hydrogens (primary N) is 1. The average molecular weight is 275 g/mol. The van der Waals surface area contributed by atoms with Crippen molar-refractivity contribution in [1.82, 2.24) is 10.2 Å². The van der Waals surface area contributed by atoms with Gasteiger partial charge < -0.3 is 11.1 Å². The van der Waals surface area contributed by atoms with E-state index in [9.17, 15) is 4.79 Å². The Morgan fingerprint density at radius 2 is 2.05 bits per heavy atom. The molecular formula is C16H25N3O. The highest BCUT2D eigenvalue weighted by atomic mass is 16.2. The van der Waals surface area contributed by atoms with Gasteiger partial charge in [-0.1, -0.05) is 30.3 Å². The van der Waals surface area contributed by atoms with Gasteiger partial charge in [-0.25, -0.2) is 0 Å². The summed E-state index contributed by atoms with van der Waals surface area (Å²) in [5.74, 6) is 0.00964. The fourth-order valence-electron chi connectivity index (χ4n) is 2.18. The molecule has 1 atom stereocenters. The molecule has 4 heteroatoms. The third-order valence-electron chi connectivity index (χ3n) is 4.12. The zero-order valence-corrected chi connectivity index (χ0v) is 12.4. The van der Waals surface area contributed by atoms with Gasteiger partial charge in [0, 0.05) is 19.1 Å². The Hall–Kier alpha value is -1.39. The van der Waals surface area contributed by atoms with Crippen molar-refractivity contribution in [3.8, 4) is 0 Å². The molecule has 1 aliphatic carbocycles. The van der Waals surface area contributed by atoms with Crippen LogP contribution < -0.4 is 11.1 Å². The van der Waals surface area contributed by atoms with Gasteiger partial charge in [-0.2, -0.15) is 0 Å². The molecule has 20 heavy (non-hydrogen) atoms. The van der Waals surface area contributed by atoms with Crippen LogP contribution in [-0.2, 0) is 11.3 Å². The molecule has 4 nitrogen and oxygen atoms in total. The molecule has 0 bridgehead atoms. The van der Waals surface area contributed by atoms with Crippen molar-refractivity contribution in [2.24, 2.45) is 5.73 Å². The van der Waals surface area contributed by atoms with E-state index in [1.165, 1.54) is 5.56 Å². The minimum Gasteiger partial charge on any atom is -0.354 e. The highest BCUT2D eigenvalue weighted by Gasteiger charge is 2.45. The van der Waals surface area contributed by atoms with Gasteiger partial charge in [-0.3, -0.25) is 9.69 Å². The van der Waals surface area contributed by atoms with Gasteiger partial charge in [0.15, 0.2) is 0 Å². The zero-order valence-electron chi connectivity index (χ0n) is 12.4. The number of rotatable bonds is 7. The molecule has 110 valence electrons. The maximum Gasteiger partial charge on any atom is 0.240 e. The van der Waals surface area contributed by atoms with E-state index in [1.807, 2.05) is 6.07 Å². The molecule has 0 spiro atoms. The largest absolute Gasteiger partial charge is 0.354 e. The zero-order chi connectivity index (χ0) is 14.6. The van der Waals surface area contributed by atoms with E-state index in [2.05, 4.69) is 48.5 Å². The third-order valence-corrected chi connectivity index (χ3v) is 4.12. The third kappa shape index (κ3) is 4.05. The van der Waals surface area contributed by atoms with Gasteiger partial charge in [-0.15, -0.1) is 0 Å². The smallest absolute Gasteiger partial charge is 0.240 e. The number of nitrogens with one attached hydrogen (secondary N) is 1. The minimum atomic E-state index is -0.556. The number of carbonyl (C=O) groups is 1. The topological polar surface area (TPSA) is 58.4 Å². The van der Waals surface area contributed by atoms with Gasteiger partial charge in [-0.05, 0) is 38.8 Å². The molecule has 1 aliphatic rings. The molecule has 3 N–H and O–H groups in total. The summed E-state index contributed by atoms with van der Waals surface area (Å²) in [6.45, 7) is 3.80. The number of benzene rings is 1. The number of hydrogen-bond donors (Lipinski definition) is 2. The lowest BCUT2D eigenvalue weighted by molar-refractivity contribution is -0.123. The van der Waals surface area contributed by atoms with Crippen LogP contribution >= 0.6 is 0 Å². The van der Waals surface area contributed by atoms with Crippen LogP contribution in [0.15, 0.2) is 30.3 Å². The number of hydrogen-bond acceptors (Lipinski definition) is 3. The molecule has 0 saturated heterocycles.